The van der Waals surface area contributed by atoms with Crippen molar-refractivity contribution in [2.75, 3.05) is 5.75 Å². The number of hydrogen-bond donors (Lipinski definition) is 1. The molecular weight excluding hydrogens is 555 g/mol. The van der Waals surface area contributed by atoms with Crippen molar-refractivity contribution in [1.82, 2.24) is 0 Å². The average Bonchev–Trinajstić information content (AvgIpc) is 3.36. The van der Waals surface area contributed by atoms with Crippen LogP contribution in [-0.4, -0.2) is 46.5 Å². The lowest BCUT2D eigenvalue weighted by Crippen LogP contribution is -2.63. The molecule has 0 spiro atoms. The van der Waals surface area contributed by atoms with Crippen LogP contribution in [0.5, 0.6) is 0 Å². The summed E-state index contributed by atoms with van der Waals surface area (Å²) in [6.45, 7) is 6.39. The molecule has 4 aliphatic carbocycles. The smallest absolute Gasteiger partial charge is 0.178 e. The van der Waals surface area contributed by atoms with Gasteiger partial charge in [0.2, 0.25) is 0 Å². The van der Waals surface area contributed by atoms with E-state index in [1.54, 1.807) is 30.4 Å². The first-order valence-corrected chi connectivity index (χ1v) is 15.8. The number of hydrogen-bond acceptors (Lipinski definition) is 6. The lowest BCUT2D eigenvalue weighted by atomic mass is 9.46. The Morgan fingerprint density at radius 3 is 2.69 bits per heavy atom. The molecule has 6 rings (SSSR count). The fourth-order valence-electron chi connectivity index (χ4n) is 8.87. The normalized spacial score (nSPS) is 42.4. The van der Waals surface area contributed by atoms with E-state index in [9.17, 15) is 14.7 Å². The number of aliphatic hydroxyl groups excluding tert-OH is 1. The summed E-state index contributed by atoms with van der Waals surface area (Å²) in [5.74, 6) is 0.486. The van der Waals surface area contributed by atoms with Gasteiger partial charge in [-0.25, -0.2) is 0 Å². The molecular formula is C31H36Cl2O5S. The molecule has 0 amide bonds. The van der Waals surface area contributed by atoms with E-state index in [1.807, 2.05) is 6.08 Å². The van der Waals surface area contributed by atoms with E-state index < -0.39 is 23.4 Å². The first-order chi connectivity index (χ1) is 18.5. The van der Waals surface area contributed by atoms with Crippen molar-refractivity contribution >= 4 is 46.5 Å². The molecule has 1 heterocycles. The van der Waals surface area contributed by atoms with Crippen LogP contribution in [0.1, 0.15) is 59.3 Å². The third kappa shape index (κ3) is 4.07. The molecule has 3 saturated carbocycles. The zero-order chi connectivity index (χ0) is 27.7. The van der Waals surface area contributed by atoms with E-state index in [2.05, 4.69) is 20.8 Å². The molecule has 9 atom stereocenters. The summed E-state index contributed by atoms with van der Waals surface area (Å²) in [4.78, 5) is 27.2. The first kappa shape index (κ1) is 28.0. The Hall–Kier alpha value is -1.15. The fraction of sp³-hybridized carbons (Fsp3) is 0.613. The maximum absolute atomic E-state index is 14.4. The summed E-state index contributed by atoms with van der Waals surface area (Å²) in [5, 5.41) is 12.9. The standard InChI is InChI=1S/C31H36Cl2O5S/c1-4-6-26-37-25-14-20-19-10-9-17-13-18(34)11-12-29(17,2)27(19)23(35)15-30(20,3)31(25,38-26)24(36)16-39-28-21(32)7-5-8-22(28)33/h5,7-8,11-13,19-20,23,25-27,35H,4,6,9-10,14-16H2,1-3H3/t19?,20?,23?,25-,26-,27?,29?,30?,31-/m1/s1. The highest BCUT2D eigenvalue weighted by Crippen LogP contribution is 2.70. The third-order valence-corrected chi connectivity index (χ3v) is 12.5. The summed E-state index contributed by atoms with van der Waals surface area (Å²) in [6, 6.07) is 5.34. The fourth-order valence-corrected chi connectivity index (χ4v) is 10.5. The first-order valence-electron chi connectivity index (χ1n) is 14.1. The van der Waals surface area contributed by atoms with Crippen LogP contribution in [0.25, 0.3) is 0 Å². The molecule has 5 aliphatic rings. The third-order valence-electron chi connectivity index (χ3n) is 10.5. The van der Waals surface area contributed by atoms with Crippen molar-refractivity contribution in [3.63, 3.8) is 0 Å². The van der Waals surface area contributed by atoms with Crippen LogP contribution in [0.15, 0.2) is 46.9 Å². The molecule has 1 aromatic carbocycles. The summed E-state index contributed by atoms with van der Waals surface area (Å²) >= 11 is 14.2. The minimum absolute atomic E-state index is 0.0198. The maximum atomic E-state index is 14.4. The van der Waals surface area contributed by atoms with Crippen LogP contribution >= 0.6 is 35.0 Å². The van der Waals surface area contributed by atoms with Gasteiger partial charge in [-0.15, -0.1) is 11.8 Å². The highest BCUT2D eigenvalue weighted by atomic mass is 35.5. The minimum Gasteiger partial charge on any atom is -0.393 e. The summed E-state index contributed by atoms with van der Waals surface area (Å²) in [5.41, 5.74) is -0.977. The van der Waals surface area contributed by atoms with Gasteiger partial charge >= 0.3 is 0 Å². The Kier molecular flexibility index (Phi) is 7.17. The topological polar surface area (TPSA) is 72.8 Å². The molecule has 39 heavy (non-hydrogen) atoms. The van der Waals surface area contributed by atoms with Crippen molar-refractivity contribution < 1.29 is 24.2 Å². The largest absolute Gasteiger partial charge is 0.393 e. The molecule has 8 heteroatoms. The van der Waals surface area contributed by atoms with E-state index in [4.69, 9.17) is 32.7 Å². The molecule has 4 fully saturated rings. The van der Waals surface area contributed by atoms with E-state index in [0.717, 1.165) is 37.7 Å². The van der Waals surface area contributed by atoms with Crippen molar-refractivity contribution in [1.29, 1.82) is 0 Å². The Morgan fingerprint density at radius 2 is 1.97 bits per heavy atom. The lowest BCUT2D eigenvalue weighted by molar-refractivity contribution is -0.197. The SMILES string of the molecule is CCC[C@@H]1O[C@@H]2CC3C4CCC5=CC(=O)C=CC5(C)C4C(O)CC3(C)[C@]2(C(=O)CSc2c(Cl)cccc2Cl)O1. The van der Waals surface area contributed by atoms with Crippen LogP contribution in [0.2, 0.25) is 10.0 Å². The molecule has 5 nitrogen and oxygen atoms in total. The number of halogens is 2. The molecule has 0 radical (unpaired) electrons. The highest BCUT2D eigenvalue weighted by molar-refractivity contribution is 8.00. The molecule has 1 aliphatic heterocycles. The number of aliphatic hydroxyl groups is 1. The number of thioether (sulfide) groups is 1. The number of carbonyl (C=O) groups excluding carboxylic acids is 2. The lowest BCUT2D eigenvalue weighted by Gasteiger charge is -2.59. The Balaban J connectivity index is 1.35. The van der Waals surface area contributed by atoms with Gasteiger partial charge in [-0.3, -0.25) is 9.59 Å². The molecule has 6 unspecified atom stereocenters. The number of Topliss-reactive ketones (excluding diaryl/α,β-unsaturated/α-hetero) is 1. The molecule has 1 aromatic rings. The van der Waals surface area contributed by atoms with Crippen LogP contribution in [0, 0.1) is 28.6 Å². The van der Waals surface area contributed by atoms with Gasteiger partial charge in [0, 0.05) is 21.6 Å². The van der Waals surface area contributed by atoms with Crippen molar-refractivity contribution in [2.24, 2.45) is 28.6 Å². The highest BCUT2D eigenvalue weighted by Gasteiger charge is 2.75. The van der Waals surface area contributed by atoms with Crippen molar-refractivity contribution in [3.8, 4) is 0 Å². The number of benzene rings is 1. The zero-order valence-electron chi connectivity index (χ0n) is 22.6. The van der Waals surface area contributed by atoms with Crippen LogP contribution in [-0.2, 0) is 19.1 Å². The van der Waals surface area contributed by atoms with Gasteiger partial charge in [-0.05, 0) is 68.2 Å². The predicted molar refractivity (Wildman–Crippen MR) is 153 cm³/mol. The van der Waals surface area contributed by atoms with Crippen LogP contribution < -0.4 is 0 Å². The number of carbonyl (C=O) groups is 2. The maximum Gasteiger partial charge on any atom is 0.178 e. The second-order valence-corrected chi connectivity index (χ2v) is 14.2. The van der Waals surface area contributed by atoms with Gasteiger partial charge in [0.15, 0.2) is 23.5 Å². The van der Waals surface area contributed by atoms with Gasteiger partial charge < -0.3 is 14.6 Å². The summed E-state index contributed by atoms with van der Waals surface area (Å²) < 4.78 is 13.2. The second-order valence-electron chi connectivity index (χ2n) is 12.4. The van der Waals surface area contributed by atoms with E-state index >= 15 is 0 Å². The minimum atomic E-state index is -1.14. The van der Waals surface area contributed by atoms with Crippen molar-refractivity contribution in [2.45, 2.75) is 88.3 Å². The van der Waals surface area contributed by atoms with E-state index in [-0.39, 0.29) is 46.6 Å². The molecule has 0 bridgehead atoms. The number of ketones is 2. The van der Waals surface area contributed by atoms with Gasteiger partial charge in [0.25, 0.3) is 0 Å². The number of ether oxygens (including phenoxy) is 2. The average molecular weight is 592 g/mol. The Bertz CT molecular complexity index is 1240. The second kappa shape index (κ2) is 9.99. The van der Waals surface area contributed by atoms with Gasteiger partial charge in [0.1, 0.15) is 0 Å². The Labute approximate surface area is 244 Å². The van der Waals surface area contributed by atoms with Crippen LogP contribution in [0.4, 0.5) is 0 Å². The Morgan fingerprint density at radius 1 is 1.23 bits per heavy atom. The van der Waals surface area contributed by atoms with Crippen LogP contribution in [0.3, 0.4) is 0 Å². The zero-order valence-corrected chi connectivity index (χ0v) is 25.0. The van der Waals surface area contributed by atoms with E-state index in [0.29, 0.717) is 21.4 Å². The van der Waals surface area contributed by atoms with Gasteiger partial charge in [-0.1, -0.05) is 68.1 Å². The molecule has 1 N–H and O–H groups in total. The number of fused-ring (bicyclic) bond motifs is 7. The summed E-state index contributed by atoms with van der Waals surface area (Å²) in [7, 11) is 0. The molecule has 0 aromatic heterocycles. The number of rotatable bonds is 6. The molecule has 210 valence electrons. The predicted octanol–water partition coefficient (Wildman–Crippen LogP) is 6.82. The summed E-state index contributed by atoms with van der Waals surface area (Å²) in [6.07, 6.45) is 8.48. The van der Waals surface area contributed by atoms with Crippen molar-refractivity contribution in [3.05, 3.63) is 52.0 Å². The monoisotopic (exact) mass is 590 g/mol. The number of allylic oxidation sites excluding steroid dienone is 4. The van der Waals surface area contributed by atoms with E-state index in [1.165, 1.54) is 11.8 Å². The quantitative estimate of drug-likeness (QED) is 0.366. The van der Waals surface area contributed by atoms with Gasteiger partial charge in [-0.2, -0.15) is 0 Å². The van der Waals surface area contributed by atoms with Gasteiger partial charge in [0.05, 0.1) is 28.0 Å². The molecule has 1 saturated heterocycles.